The average molecular weight is 405 g/mol. The summed E-state index contributed by atoms with van der Waals surface area (Å²) in [7, 11) is 0. The first-order valence-electron chi connectivity index (χ1n) is 8.80. The number of ether oxygens (including phenoxy) is 1. The van der Waals surface area contributed by atoms with Gasteiger partial charge in [0.2, 0.25) is 0 Å². The first-order chi connectivity index (χ1) is 13.0. The SMILES string of the molecule is Cc1sc(-c2cccc(CCCOC(=O)C(C)(C)C)c2[N+](=O)[O-])cc1C(=O)O. The van der Waals surface area contributed by atoms with Crippen molar-refractivity contribution in [1.29, 1.82) is 0 Å². The second-order valence-corrected chi connectivity index (χ2v) is 8.70. The number of aromatic carboxylic acids is 1. The number of benzene rings is 1. The van der Waals surface area contributed by atoms with Crippen LogP contribution in [0.1, 0.15) is 48.0 Å². The standard InChI is InChI=1S/C20H23NO6S/c1-12-15(18(22)23)11-16(28-12)14-9-5-7-13(17(14)21(25)26)8-6-10-27-19(24)20(2,3)4/h5,7,9,11H,6,8,10H2,1-4H3,(H,22,23). The highest BCUT2D eigenvalue weighted by molar-refractivity contribution is 7.15. The van der Waals surface area contributed by atoms with Crippen LogP contribution in [0, 0.1) is 22.5 Å². The number of thiophene rings is 1. The van der Waals surface area contributed by atoms with E-state index in [0.717, 1.165) is 0 Å². The number of carbonyl (C=O) groups is 2. The molecule has 1 aromatic heterocycles. The molecule has 1 N–H and O–H groups in total. The number of rotatable bonds is 7. The smallest absolute Gasteiger partial charge is 0.336 e. The van der Waals surface area contributed by atoms with E-state index in [1.54, 1.807) is 45.9 Å². The van der Waals surface area contributed by atoms with Crippen LogP contribution in [0.2, 0.25) is 0 Å². The minimum absolute atomic E-state index is 0.0390. The van der Waals surface area contributed by atoms with Gasteiger partial charge in [-0.15, -0.1) is 11.3 Å². The summed E-state index contributed by atoms with van der Waals surface area (Å²) in [6.07, 6.45) is 0.827. The maximum absolute atomic E-state index is 11.8. The molecule has 1 aromatic carbocycles. The topological polar surface area (TPSA) is 107 Å². The minimum Gasteiger partial charge on any atom is -0.478 e. The van der Waals surface area contributed by atoms with Crippen LogP contribution in [0.15, 0.2) is 24.3 Å². The van der Waals surface area contributed by atoms with Crippen molar-refractivity contribution in [3.63, 3.8) is 0 Å². The average Bonchev–Trinajstić information content (AvgIpc) is 2.99. The number of aryl methyl sites for hydroxylation is 2. The van der Waals surface area contributed by atoms with Gasteiger partial charge in [-0.2, -0.15) is 0 Å². The van der Waals surface area contributed by atoms with Crippen molar-refractivity contribution < 1.29 is 24.4 Å². The molecule has 0 spiro atoms. The molecule has 0 radical (unpaired) electrons. The van der Waals surface area contributed by atoms with Crippen LogP contribution in [0.25, 0.3) is 10.4 Å². The zero-order chi connectivity index (χ0) is 21.1. The third kappa shape index (κ3) is 4.95. The Labute approximate surface area is 167 Å². The van der Waals surface area contributed by atoms with E-state index in [2.05, 4.69) is 0 Å². The maximum atomic E-state index is 11.8. The fraction of sp³-hybridized carbons (Fsp3) is 0.400. The van der Waals surface area contributed by atoms with Gasteiger partial charge in [-0.3, -0.25) is 14.9 Å². The van der Waals surface area contributed by atoms with Crippen molar-refractivity contribution in [1.82, 2.24) is 0 Å². The quantitative estimate of drug-likeness (QED) is 0.305. The number of nitrogens with zero attached hydrogens (tertiary/aromatic N) is 1. The maximum Gasteiger partial charge on any atom is 0.336 e. The summed E-state index contributed by atoms with van der Waals surface area (Å²) < 4.78 is 5.22. The van der Waals surface area contributed by atoms with E-state index in [0.29, 0.717) is 33.7 Å². The molecule has 0 aliphatic carbocycles. The van der Waals surface area contributed by atoms with Crippen LogP contribution in [0.5, 0.6) is 0 Å². The van der Waals surface area contributed by atoms with Crippen LogP contribution in [-0.2, 0) is 16.0 Å². The highest BCUT2D eigenvalue weighted by Crippen LogP contribution is 2.38. The van der Waals surface area contributed by atoms with E-state index in [4.69, 9.17) is 4.74 Å². The largest absolute Gasteiger partial charge is 0.478 e. The Morgan fingerprint density at radius 3 is 2.50 bits per heavy atom. The van der Waals surface area contributed by atoms with Gasteiger partial charge in [0.05, 0.1) is 28.1 Å². The van der Waals surface area contributed by atoms with Crippen LogP contribution in [-0.4, -0.2) is 28.6 Å². The summed E-state index contributed by atoms with van der Waals surface area (Å²) in [6, 6.07) is 6.48. The molecule has 0 atom stereocenters. The van der Waals surface area contributed by atoms with Gasteiger partial charge < -0.3 is 9.84 Å². The highest BCUT2D eigenvalue weighted by atomic mass is 32.1. The molecule has 28 heavy (non-hydrogen) atoms. The van der Waals surface area contributed by atoms with Gasteiger partial charge in [0.1, 0.15) is 0 Å². The number of carboxylic acid groups (broad SMARTS) is 1. The Morgan fingerprint density at radius 2 is 1.96 bits per heavy atom. The van der Waals surface area contributed by atoms with Crippen molar-refractivity contribution in [2.24, 2.45) is 5.41 Å². The number of nitro groups is 1. The molecule has 150 valence electrons. The van der Waals surface area contributed by atoms with Crippen molar-refractivity contribution >= 4 is 29.0 Å². The number of carbonyl (C=O) groups excluding carboxylic acids is 1. The van der Waals surface area contributed by atoms with E-state index in [1.165, 1.54) is 17.4 Å². The molecule has 0 fully saturated rings. The number of esters is 1. The molecule has 0 aliphatic heterocycles. The molecule has 0 aliphatic rings. The Bertz CT molecular complexity index is 910. The van der Waals surface area contributed by atoms with Crippen LogP contribution in [0.3, 0.4) is 0 Å². The third-order valence-electron chi connectivity index (χ3n) is 4.15. The monoisotopic (exact) mass is 405 g/mol. The predicted molar refractivity (Wildman–Crippen MR) is 107 cm³/mol. The third-order valence-corrected chi connectivity index (χ3v) is 5.24. The van der Waals surface area contributed by atoms with Gasteiger partial charge in [-0.05, 0) is 52.7 Å². The number of nitro benzene ring substituents is 1. The van der Waals surface area contributed by atoms with Crippen LogP contribution in [0.4, 0.5) is 5.69 Å². The molecule has 0 saturated carbocycles. The lowest BCUT2D eigenvalue weighted by Crippen LogP contribution is -2.23. The molecule has 0 unspecified atom stereocenters. The number of hydrogen-bond acceptors (Lipinski definition) is 6. The first kappa shape index (κ1) is 21.6. The molecule has 7 nitrogen and oxygen atoms in total. The second-order valence-electron chi connectivity index (χ2n) is 7.45. The highest BCUT2D eigenvalue weighted by Gasteiger charge is 2.25. The lowest BCUT2D eigenvalue weighted by molar-refractivity contribution is -0.384. The summed E-state index contributed by atoms with van der Waals surface area (Å²) in [5.74, 6) is -1.37. The van der Waals surface area contributed by atoms with Crippen molar-refractivity contribution in [2.45, 2.75) is 40.5 Å². The summed E-state index contributed by atoms with van der Waals surface area (Å²) in [4.78, 5) is 35.5. The fourth-order valence-corrected chi connectivity index (χ4v) is 3.72. The Balaban J connectivity index is 2.24. The zero-order valence-corrected chi connectivity index (χ0v) is 17.1. The number of carboxylic acids is 1. The zero-order valence-electron chi connectivity index (χ0n) is 16.3. The Kier molecular flexibility index (Phi) is 6.56. The molecule has 2 aromatic rings. The van der Waals surface area contributed by atoms with Gasteiger partial charge in [0.25, 0.3) is 5.69 Å². The van der Waals surface area contributed by atoms with E-state index in [-0.39, 0.29) is 23.8 Å². The number of hydrogen-bond donors (Lipinski definition) is 1. The van der Waals surface area contributed by atoms with Gasteiger partial charge >= 0.3 is 11.9 Å². The second kappa shape index (κ2) is 8.52. The lowest BCUT2D eigenvalue weighted by atomic mass is 9.97. The first-order valence-corrected chi connectivity index (χ1v) is 9.61. The summed E-state index contributed by atoms with van der Waals surface area (Å²) >= 11 is 1.22. The van der Waals surface area contributed by atoms with Crippen LogP contribution < -0.4 is 0 Å². The molecule has 0 bridgehead atoms. The lowest BCUT2D eigenvalue weighted by Gasteiger charge is -2.16. The predicted octanol–water partition coefficient (Wildman–Crippen LogP) is 4.85. The Morgan fingerprint density at radius 1 is 1.29 bits per heavy atom. The van der Waals surface area contributed by atoms with Gasteiger partial charge in [-0.25, -0.2) is 4.79 Å². The Hall–Kier alpha value is -2.74. The van der Waals surface area contributed by atoms with Crippen molar-refractivity contribution in [3.8, 4) is 10.4 Å². The molecule has 0 saturated heterocycles. The van der Waals surface area contributed by atoms with Crippen LogP contribution >= 0.6 is 11.3 Å². The summed E-state index contributed by atoms with van der Waals surface area (Å²) in [6.45, 7) is 7.14. The van der Waals surface area contributed by atoms with E-state index < -0.39 is 16.3 Å². The van der Waals surface area contributed by atoms with Gasteiger partial charge in [0.15, 0.2) is 0 Å². The normalized spacial score (nSPS) is 11.3. The molecule has 2 rings (SSSR count). The van der Waals surface area contributed by atoms with E-state index in [9.17, 15) is 24.8 Å². The summed E-state index contributed by atoms with van der Waals surface area (Å²) in [5, 5.41) is 21.0. The van der Waals surface area contributed by atoms with Crippen molar-refractivity contribution in [3.05, 3.63) is 50.4 Å². The summed E-state index contributed by atoms with van der Waals surface area (Å²) in [5.41, 5.74) is 0.439. The molecule has 1 heterocycles. The van der Waals surface area contributed by atoms with E-state index >= 15 is 0 Å². The molecular weight excluding hydrogens is 382 g/mol. The van der Waals surface area contributed by atoms with Gasteiger partial charge in [0, 0.05) is 15.3 Å². The van der Waals surface area contributed by atoms with Crippen molar-refractivity contribution in [2.75, 3.05) is 6.61 Å². The van der Waals surface area contributed by atoms with E-state index in [1.807, 2.05) is 0 Å². The minimum atomic E-state index is -1.06. The fourth-order valence-electron chi connectivity index (χ4n) is 2.68. The molecule has 0 amide bonds. The molecule has 8 heteroatoms. The molecular formula is C20H23NO6S. The number of para-hydroxylation sites is 1. The van der Waals surface area contributed by atoms with Gasteiger partial charge in [-0.1, -0.05) is 12.1 Å².